The van der Waals surface area contributed by atoms with Crippen LogP contribution in [-0.2, 0) is 41.2 Å². The number of aromatic nitrogens is 2. The van der Waals surface area contributed by atoms with E-state index in [1.807, 2.05) is 4.98 Å². The number of phosphoric ester groups is 1. The smallest absolute Gasteiger partial charge is 0.387 e. The van der Waals surface area contributed by atoms with Crippen LogP contribution >= 0.6 is 23.5 Å². The summed E-state index contributed by atoms with van der Waals surface area (Å²) in [4.78, 5) is 86.4. The third-order valence-electron chi connectivity index (χ3n) is 5.87. The standard InChI is InChI=1S/C21H35N4O17P3/c1-2-3-4-5-6-15(26)22-8-9-23-16(27)7-10-25-11-13(20(30)24-21(25)31)19-18(29)17(28)14(40-19)12-39-44(35,36)42-45(37,38)41-43(32,33)34/h7,10-11,14,17-19,28-29H,2-6,8-9,12H2,1H3,(H,22,26)(H,23,27)(H,35,36)(H,37,38)(H,24,30,31)(H2,32,33,34)/b10-7+. The summed E-state index contributed by atoms with van der Waals surface area (Å²) in [6.45, 7) is 1.17. The van der Waals surface area contributed by atoms with Crippen LogP contribution in [0.4, 0.5) is 0 Å². The summed E-state index contributed by atoms with van der Waals surface area (Å²) in [6.07, 6.45) is -0.212. The van der Waals surface area contributed by atoms with E-state index in [2.05, 4.69) is 30.7 Å². The van der Waals surface area contributed by atoms with E-state index in [1.165, 1.54) is 0 Å². The fourth-order valence-corrected chi connectivity index (χ4v) is 6.85. The van der Waals surface area contributed by atoms with E-state index >= 15 is 0 Å². The fourth-order valence-electron chi connectivity index (χ4n) is 3.82. The lowest BCUT2D eigenvalue weighted by Gasteiger charge is -2.19. The van der Waals surface area contributed by atoms with Gasteiger partial charge in [-0.1, -0.05) is 26.2 Å². The highest BCUT2D eigenvalue weighted by Crippen LogP contribution is 2.66. The van der Waals surface area contributed by atoms with Crippen molar-refractivity contribution >= 4 is 41.5 Å². The van der Waals surface area contributed by atoms with Crippen molar-refractivity contribution in [3.8, 4) is 0 Å². The molecule has 0 radical (unpaired) electrons. The zero-order valence-corrected chi connectivity index (χ0v) is 26.3. The van der Waals surface area contributed by atoms with E-state index in [-0.39, 0.29) is 19.0 Å². The number of aliphatic hydroxyl groups excluding tert-OH is 2. The molecule has 1 aliphatic heterocycles. The highest BCUT2D eigenvalue weighted by molar-refractivity contribution is 7.66. The van der Waals surface area contributed by atoms with Gasteiger partial charge < -0.3 is 45.2 Å². The second-order valence-corrected chi connectivity index (χ2v) is 13.9. The molecule has 0 aliphatic carbocycles. The fraction of sp³-hybridized carbons (Fsp3) is 0.619. The summed E-state index contributed by atoms with van der Waals surface area (Å²) in [5.41, 5.74) is -2.50. The molecule has 1 aliphatic rings. The number of carbonyl (C=O) groups is 2. The molecule has 9 N–H and O–H groups in total. The van der Waals surface area contributed by atoms with Gasteiger partial charge in [0.2, 0.25) is 11.8 Å². The zero-order chi connectivity index (χ0) is 34.0. The van der Waals surface area contributed by atoms with Crippen molar-refractivity contribution in [2.45, 2.75) is 63.4 Å². The Morgan fingerprint density at radius 3 is 2.31 bits per heavy atom. The molecule has 1 fully saturated rings. The van der Waals surface area contributed by atoms with Gasteiger partial charge in [-0.25, -0.2) is 18.5 Å². The van der Waals surface area contributed by atoms with Crippen molar-refractivity contribution < 1.29 is 71.0 Å². The number of ether oxygens (including phenoxy) is 1. The van der Waals surface area contributed by atoms with Crippen LogP contribution in [0, 0.1) is 0 Å². The van der Waals surface area contributed by atoms with Crippen LogP contribution in [0.5, 0.6) is 0 Å². The Morgan fingerprint density at radius 2 is 1.67 bits per heavy atom. The van der Waals surface area contributed by atoms with E-state index < -0.39 is 77.2 Å². The number of nitrogens with zero attached hydrogens (tertiary/aromatic N) is 1. The Morgan fingerprint density at radius 1 is 1.00 bits per heavy atom. The van der Waals surface area contributed by atoms with E-state index in [9.17, 15) is 52.9 Å². The molecular weight excluding hydrogens is 673 g/mol. The number of phosphoric acid groups is 3. The number of nitrogens with one attached hydrogen (secondary N) is 3. The van der Waals surface area contributed by atoms with Gasteiger partial charge >= 0.3 is 29.2 Å². The highest BCUT2D eigenvalue weighted by Gasteiger charge is 2.47. The first-order valence-electron chi connectivity index (χ1n) is 13.2. The first-order chi connectivity index (χ1) is 20.8. The highest BCUT2D eigenvalue weighted by atomic mass is 31.3. The van der Waals surface area contributed by atoms with E-state index in [4.69, 9.17) is 14.5 Å². The Kier molecular flexibility index (Phi) is 14.7. The Hall–Kier alpha value is -2.35. The maximum absolute atomic E-state index is 12.4. The lowest BCUT2D eigenvalue weighted by molar-refractivity contribution is -0.121. The summed E-state index contributed by atoms with van der Waals surface area (Å²) < 4.78 is 51.7. The lowest BCUT2D eigenvalue weighted by atomic mass is 10.0. The third kappa shape index (κ3) is 13.5. The van der Waals surface area contributed by atoms with Crippen molar-refractivity contribution in [1.82, 2.24) is 20.2 Å². The van der Waals surface area contributed by atoms with Gasteiger partial charge in [-0.2, -0.15) is 8.62 Å². The summed E-state index contributed by atoms with van der Waals surface area (Å²) in [5.74, 6) is -0.813. The van der Waals surface area contributed by atoms with Crippen LogP contribution in [-0.4, -0.2) is 89.2 Å². The molecule has 256 valence electrons. The first-order valence-corrected chi connectivity index (χ1v) is 17.7. The summed E-state index contributed by atoms with van der Waals surface area (Å²) in [6, 6.07) is 0. The van der Waals surface area contributed by atoms with Gasteiger partial charge in [0.15, 0.2) is 0 Å². The molecule has 45 heavy (non-hydrogen) atoms. The molecule has 21 nitrogen and oxygen atoms in total. The molecule has 1 aromatic rings. The molecule has 2 amide bonds. The molecule has 0 spiro atoms. The van der Waals surface area contributed by atoms with Crippen molar-refractivity contribution in [2.24, 2.45) is 0 Å². The number of H-pyrrole nitrogens is 1. The maximum atomic E-state index is 12.4. The van der Waals surface area contributed by atoms with Crippen molar-refractivity contribution in [3.05, 3.63) is 38.7 Å². The summed E-state index contributed by atoms with van der Waals surface area (Å²) in [7, 11) is -17.0. The number of aromatic amines is 1. The van der Waals surface area contributed by atoms with Crippen LogP contribution in [0.3, 0.4) is 0 Å². The normalized spacial score (nSPS) is 23.0. The molecule has 0 aromatic carbocycles. The number of aliphatic hydroxyl groups is 2. The number of hydrogen-bond acceptors (Lipinski definition) is 13. The average Bonchev–Trinajstić information content (AvgIpc) is 3.18. The van der Waals surface area contributed by atoms with Crippen LogP contribution in [0.2, 0.25) is 0 Å². The first kappa shape index (κ1) is 38.8. The van der Waals surface area contributed by atoms with Crippen molar-refractivity contribution in [3.63, 3.8) is 0 Å². The predicted octanol–water partition coefficient (Wildman–Crippen LogP) is -1.28. The molecule has 0 saturated carbocycles. The molecule has 0 bridgehead atoms. The largest absolute Gasteiger partial charge is 0.490 e. The molecule has 24 heteroatoms. The van der Waals surface area contributed by atoms with Crippen molar-refractivity contribution in [2.75, 3.05) is 19.7 Å². The topological polar surface area (TPSA) is 323 Å². The summed E-state index contributed by atoms with van der Waals surface area (Å²) in [5, 5.41) is 25.9. The van der Waals surface area contributed by atoms with Gasteiger partial charge in [0.05, 0.1) is 12.2 Å². The minimum absolute atomic E-state index is 0.0808. The van der Waals surface area contributed by atoms with Gasteiger partial charge in [-0.05, 0) is 6.42 Å². The van der Waals surface area contributed by atoms with Gasteiger partial charge in [0.25, 0.3) is 5.56 Å². The van der Waals surface area contributed by atoms with E-state index in [0.29, 0.717) is 6.42 Å². The monoisotopic (exact) mass is 708 g/mol. The van der Waals surface area contributed by atoms with Gasteiger partial charge in [0, 0.05) is 38.0 Å². The predicted molar refractivity (Wildman–Crippen MR) is 151 cm³/mol. The minimum Gasteiger partial charge on any atom is -0.387 e. The molecule has 2 heterocycles. The molecule has 1 aromatic heterocycles. The van der Waals surface area contributed by atoms with E-state index in [1.54, 1.807) is 0 Å². The minimum atomic E-state index is -5.82. The molecule has 6 unspecified atom stereocenters. The SMILES string of the molecule is CCCCCCC(=O)NCCNC(=O)/C=C/n1cc(C2OC(COP(=O)(O)OP(=O)(O)OP(=O)(O)O)C(O)C2O)c(=O)[nH]c1=O. The molecule has 2 rings (SSSR count). The lowest BCUT2D eigenvalue weighted by Crippen LogP contribution is -2.35. The Labute approximate surface area is 254 Å². The van der Waals surface area contributed by atoms with Crippen LogP contribution in [0.15, 0.2) is 21.9 Å². The number of amides is 2. The second kappa shape index (κ2) is 17.0. The maximum Gasteiger partial charge on any atom is 0.490 e. The quantitative estimate of drug-likeness (QED) is 0.0487. The van der Waals surface area contributed by atoms with Crippen LogP contribution in [0.1, 0.15) is 50.7 Å². The Balaban J connectivity index is 1.99. The number of hydrogen-bond donors (Lipinski definition) is 9. The van der Waals surface area contributed by atoms with E-state index in [0.717, 1.165) is 48.7 Å². The second-order valence-electron chi connectivity index (χ2n) is 9.48. The van der Waals surface area contributed by atoms with Gasteiger partial charge in [-0.3, -0.25) is 28.5 Å². The number of unbranched alkanes of at least 4 members (excludes halogenated alkanes) is 3. The third-order valence-corrected chi connectivity index (χ3v) is 9.68. The number of rotatable bonds is 18. The number of carbonyl (C=O) groups excluding carboxylic acids is 2. The van der Waals surface area contributed by atoms with Crippen molar-refractivity contribution in [1.29, 1.82) is 0 Å². The van der Waals surface area contributed by atoms with Gasteiger partial charge in [0.1, 0.15) is 24.4 Å². The molecule has 1 saturated heterocycles. The Bertz CT molecular complexity index is 1470. The van der Waals surface area contributed by atoms with Crippen LogP contribution < -0.4 is 21.9 Å². The summed E-state index contributed by atoms with van der Waals surface area (Å²) >= 11 is 0. The van der Waals surface area contributed by atoms with Gasteiger partial charge in [-0.15, -0.1) is 0 Å². The average molecular weight is 708 g/mol. The van der Waals surface area contributed by atoms with Crippen LogP contribution in [0.25, 0.3) is 6.20 Å². The molecule has 6 atom stereocenters. The molecular formula is C21H35N4O17P3. The zero-order valence-electron chi connectivity index (χ0n) is 23.7.